The fraction of sp³-hybridized carbons (Fsp3) is 0.450. The van der Waals surface area contributed by atoms with Gasteiger partial charge in [-0.25, -0.2) is 9.78 Å². The fourth-order valence-corrected chi connectivity index (χ4v) is 3.07. The van der Waals surface area contributed by atoms with Crippen LogP contribution in [-0.4, -0.2) is 51.2 Å². The van der Waals surface area contributed by atoms with Crippen molar-refractivity contribution in [3.05, 3.63) is 48.5 Å². The molecule has 1 fully saturated rings. The van der Waals surface area contributed by atoms with Gasteiger partial charge in [-0.1, -0.05) is 0 Å². The number of carbonyl (C=O) groups excluding carboxylic acids is 2. The Morgan fingerprint density at radius 2 is 1.81 bits per heavy atom. The average Bonchev–Trinajstić information content (AvgIpc) is 3.15. The molecule has 1 N–H and O–H groups in total. The molecule has 0 unspecified atom stereocenters. The Hall–Kier alpha value is -2.83. The number of imidazole rings is 1. The highest BCUT2D eigenvalue weighted by Crippen LogP contribution is 2.16. The van der Waals surface area contributed by atoms with E-state index in [9.17, 15) is 9.59 Å². The van der Waals surface area contributed by atoms with Crippen LogP contribution in [0.4, 0.5) is 4.79 Å². The predicted molar refractivity (Wildman–Crippen MR) is 102 cm³/mol. The summed E-state index contributed by atoms with van der Waals surface area (Å²) in [6.07, 6.45) is 6.34. The lowest BCUT2D eigenvalue weighted by Crippen LogP contribution is -2.47. The molecule has 144 valence electrons. The van der Waals surface area contributed by atoms with Crippen LogP contribution in [-0.2, 0) is 4.74 Å². The van der Waals surface area contributed by atoms with Gasteiger partial charge >= 0.3 is 6.09 Å². The van der Waals surface area contributed by atoms with Gasteiger partial charge < -0.3 is 19.5 Å². The summed E-state index contributed by atoms with van der Waals surface area (Å²) in [5.41, 5.74) is 1.12. The van der Waals surface area contributed by atoms with Crippen molar-refractivity contribution >= 4 is 12.0 Å². The maximum Gasteiger partial charge on any atom is 0.407 e. The topological polar surface area (TPSA) is 76.5 Å². The molecule has 1 aliphatic rings. The van der Waals surface area contributed by atoms with Crippen LogP contribution in [0.15, 0.2) is 43.0 Å². The lowest BCUT2D eigenvalue weighted by molar-refractivity contribution is 0.0473. The molecule has 0 atom stereocenters. The molecular formula is C20H26N4O3. The number of aromatic nitrogens is 2. The minimum Gasteiger partial charge on any atom is -0.444 e. The number of hydrogen-bond acceptors (Lipinski definition) is 4. The molecule has 2 heterocycles. The Balaban J connectivity index is 1.52. The number of ether oxygens (including phenoxy) is 1. The zero-order chi connectivity index (χ0) is 19.4. The molecule has 7 nitrogen and oxygen atoms in total. The van der Waals surface area contributed by atoms with Crippen molar-refractivity contribution in [3.8, 4) is 5.69 Å². The van der Waals surface area contributed by atoms with Crippen LogP contribution < -0.4 is 5.32 Å². The van der Waals surface area contributed by atoms with Gasteiger partial charge in [-0.3, -0.25) is 4.79 Å². The Morgan fingerprint density at radius 3 is 2.37 bits per heavy atom. The van der Waals surface area contributed by atoms with Gasteiger partial charge in [0.15, 0.2) is 0 Å². The van der Waals surface area contributed by atoms with Gasteiger partial charge in [-0.15, -0.1) is 0 Å². The van der Waals surface area contributed by atoms with Crippen molar-refractivity contribution in [2.75, 3.05) is 13.1 Å². The molecule has 2 aromatic rings. The van der Waals surface area contributed by atoms with E-state index in [2.05, 4.69) is 10.3 Å². The number of carbonyl (C=O) groups is 2. The van der Waals surface area contributed by atoms with Gasteiger partial charge in [0.25, 0.3) is 5.91 Å². The van der Waals surface area contributed by atoms with Crippen molar-refractivity contribution < 1.29 is 14.3 Å². The number of nitrogens with one attached hydrogen (secondary N) is 1. The number of likely N-dealkylation sites (tertiary alicyclic amines) is 1. The standard InChI is InChI=1S/C20H26N4O3/c1-20(2,3)27-19(26)22-16-8-11-23(12-9-16)18(25)15-4-6-17(7-5-15)24-13-10-21-14-24/h4-7,10,13-14,16H,8-9,11-12H2,1-3H3,(H,22,26). The van der Waals surface area contributed by atoms with E-state index in [1.165, 1.54) is 0 Å². The van der Waals surface area contributed by atoms with Crippen molar-refractivity contribution in [1.29, 1.82) is 0 Å². The second-order valence-corrected chi connectivity index (χ2v) is 7.73. The number of benzene rings is 1. The maximum atomic E-state index is 12.7. The average molecular weight is 370 g/mol. The lowest BCUT2D eigenvalue weighted by atomic mass is 10.0. The number of amides is 2. The quantitative estimate of drug-likeness (QED) is 0.901. The van der Waals surface area contributed by atoms with Crippen LogP contribution in [0.25, 0.3) is 5.69 Å². The summed E-state index contributed by atoms with van der Waals surface area (Å²) in [5, 5.41) is 2.89. The Labute approximate surface area is 159 Å². The summed E-state index contributed by atoms with van der Waals surface area (Å²) in [7, 11) is 0. The molecule has 0 spiro atoms. The van der Waals surface area contributed by atoms with Crippen LogP contribution in [0.2, 0.25) is 0 Å². The number of nitrogens with zero attached hydrogens (tertiary/aromatic N) is 3. The monoisotopic (exact) mass is 370 g/mol. The van der Waals surface area contributed by atoms with Crippen molar-refractivity contribution in [3.63, 3.8) is 0 Å². The smallest absolute Gasteiger partial charge is 0.407 e. The first-order chi connectivity index (χ1) is 12.8. The van der Waals surface area contributed by atoms with Crippen LogP contribution >= 0.6 is 0 Å². The van der Waals surface area contributed by atoms with Crippen molar-refractivity contribution in [1.82, 2.24) is 19.8 Å². The zero-order valence-corrected chi connectivity index (χ0v) is 16.0. The SMILES string of the molecule is CC(C)(C)OC(=O)NC1CCN(C(=O)c2ccc(-n3ccnc3)cc2)CC1. The van der Waals surface area contributed by atoms with Gasteiger partial charge in [0.05, 0.1) is 6.33 Å². The lowest BCUT2D eigenvalue weighted by Gasteiger charge is -2.33. The highest BCUT2D eigenvalue weighted by Gasteiger charge is 2.26. The molecular weight excluding hydrogens is 344 g/mol. The molecule has 2 amide bonds. The Bertz CT molecular complexity index is 771. The fourth-order valence-electron chi connectivity index (χ4n) is 3.07. The Kier molecular flexibility index (Phi) is 5.48. The summed E-state index contributed by atoms with van der Waals surface area (Å²) in [5.74, 6) is 0.0166. The second kappa shape index (κ2) is 7.82. The van der Waals surface area contributed by atoms with E-state index in [0.717, 1.165) is 18.5 Å². The van der Waals surface area contributed by atoms with Crippen LogP contribution in [0.5, 0.6) is 0 Å². The number of piperidine rings is 1. The van der Waals surface area contributed by atoms with Gasteiger partial charge in [0.2, 0.25) is 0 Å². The number of hydrogen-bond donors (Lipinski definition) is 1. The first-order valence-corrected chi connectivity index (χ1v) is 9.19. The minimum atomic E-state index is -0.510. The van der Waals surface area contributed by atoms with E-state index < -0.39 is 11.7 Å². The van der Waals surface area contributed by atoms with E-state index in [1.54, 1.807) is 12.5 Å². The molecule has 1 saturated heterocycles. The minimum absolute atomic E-state index is 0.0166. The summed E-state index contributed by atoms with van der Waals surface area (Å²) < 4.78 is 7.18. The van der Waals surface area contributed by atoms with E-state index in [0.29, 0.717) is 18.7 Å². The maximum absolute atomic E-state index is 12.7. The third-order valence-electron chi connectivity index (χ3n) is 4.42. The van der Waals surface area contributed by atoms with Gasteiger partial charge in [0, 0.05) is 42.8 Å². The van der Waals surface area contributed by atoms with E-state index in [1.807, 2.05) is 60.7 Å². The van der Waals surface area contributed by atoms with Gasteiger partial charge in [-0.05, 0) is 57.9 Å². The molecule has 1 aromatic heterocycles. The van der Waals surface area contributed by atoms with Crippen LogP contribution in [0, 0.1) is 0 Å². The van der Waals surface area contributed by atoms with Crippen LogP contribution in [0.1, 0.15) is 44.0 Å². The third-order valence-corrected chi connectivity index (χ3v) is 4.42. The molecule has 3 rings (SSSR count). The molecule has 0 bridgehead atoms. The normalized spacial score (nSPS) is 15.4. The zero-order valence-electron chi connectivity index (χ0n) is 16.0. The third kappa shape index (κ3) is 5.09. The van der Waals surface area contributed by atoms with Crippen molar-refractivity contribution in [2.45, 2.75) is 45.3 Å². The molecule has 7 heteroatoms. The first-order valence-electron chi connectivity index (χ1n) is 9.19. The van der Waals surface area contributed by atoms with Gasteiger partial charge in [0.1, 0.15) is 5.60 Å². The summed E-state index contributed by atoms with van der Waals surface area (Å²) >= 11 is 0. The van der Waals surface area contributed by atoms with E-state index in [4.69, 9.17) is 4.74 Å². The predicted octanol–water partition coefficient (Wildman–Crippen LogP) is 3.00. The highest BCUT2D eigenvalue weighted by molar-refractivity contribution is 5.94. The summed E-state index contributed by atoms with van der Waals surface area (Å²) in [4.78, 5) is 30.4. The number of alkyl carbamates (subject to hydrolysis) is 1. The number of rotatable bonds is 3. The van der Waals surface area contributed by atoms with Gasteiger partial charge in [-0.2, -0.15) is 0 Å². The summed E-state index contributed by atoms with van der Waals surface area (Å²) in [6.45, 7) is 6.74. The molecule has 1 aromatic carbocycles. The van der Waals surface area contributed by atoms with Crippen molar-refractivity contribution in [2.24, 2.45) is 0 Å². The molecule has 1 aliphatic heterocycles. The molecule has 0 aliphatic carbocycles. The largest absolute Gasteiger partial charge is 0.444 e. The highest BCUT2D eigenvalue weighted by atomic mass is 16.6. The molecule has 27 heavy (non-hydrogen) atoms. The summed E-state index contributed by atoms with van der Waals surface area (Å²) in [6, 6.07) is 7.52. The Morgan fingerprint density at radius 1 is 1.15 bits per heavy atom. The first kappa shape index (κ1) is 18.9. The van der Waals surface area contributed by atoms with Crippen LogP contribution in [0.3, 0.4) is 0 Å². The van der Waals surface area contributed by atoms with E-state index >= 15 is 0 Å². The second-order valence-electron chi connectivity index (χ2n) is 7.73. The molecule has 0 radical (unpaired) electrons. The van der Waals surface area contributed by atoms with E-state index in [-0.39, 0.29) is 11.9 Å². The molecule has 0 saturated carbocycles.